The lowest BCUT2D eigenvalue weighted by Gasteiger charge is -2.22. The molecule has 7 heteroatoms. The van der Waals surface area contributed by atoms with Gasteiger partial charge in [-0.25, -0.2) is 0 Å². The molecule has 1 rings (SSSR count). The second kappa shape index (κ2) is 6.15. The normalized spacial score (nSPS) is 28.5. The Kier molecular flexibility index (Phi) is 5.95. The van der Waals surface area contributed by atoms with Crippen molar-refractivity contribution >= 4 is 15.9 Å². The van der Waals surface area contributed by atoms with Gasteiger partial charge in [0, 0.05) is 11.4 Å². The fraction of sp³-hybridized carbons (Fsp3) is 1.00. The SMILES string of the molecule is O=[N+]([O-])O.OC1COCCC1Br. The third-order valence-corrected chi connectivity index (χ3v) is 2.31. The van der Waals surface area contributed by atoms with Crippen LogP contribution in [0.4, 0.5) is 0 Å². The molecular formula is C5H10BrNO5. The molecule has 0 radical (unpaired) electrons. The summed E-state index contributed by atoms with van der Waals surface area (Å²) in [4.78, 5) is 8.61. The van der Waals surface area contributed by atoms with E-state index in [4.69, 9.17) is 25.2 Å². The molecule has 1 heterocycles. The van der Waals surface area contributed by atoms with Gasteiger partial charge in [-0.15, -0.1) is 10.1 Å². The first-order chi connectivity index (χ1) is 5.54. The molecule has 1 fully saturated rings. The molecule has 1 saturated heterocycles. The van der Waals surface area contributed by atoms with Gasteiger partial charge >= 0.3 is 0 Å². The highest BCUT2D eigenvalue weighted by Gasteiger charge is 2.19. The van der Waals surface area contributed by atoms with E-state index in [0.717, 1.165) is 13.0 Å². The van der Waals surface area contributed by atoms with Crippen molar-refractivity contribution < 1.29 is 20.1 Å². The van der Waals surface area contributed by atoms with Crippen LogP contribution in [0, 0.1) is 10.1 Å². The number of aliphatic hydroxyl groups excluding tert-OH is 1. The Morgan fingerprint density at radius 2 is 2.17 bits per heavy atom. The Hall–Kier alpha value is -0.400. The fourth-order valence-electron chi connectivity index (χ4n) is 0.697. The highest BCUT2D eigenvalue weighted by molar-refractivity contribution is 9.09. The van der Waals surface area contributed by atoms with Crippen LogP contribution in [0.5, 0.6) is 0 Å². The van der Waals surface area contributed by atoms with E-state index in [2.05, 4.69) is 15.9 Å². The van der Waals surface area contributed by atoms with Crippen LogP contribution in [0.3, 0.4) is 0 Å². The molecule has 0 aromatic heterocycles. The summed E-state index contributed by atoms with van der Waals surface area (Å²) in [6.45, 7) is 1.25. The topological polar surface area (TPSA) is 92.8 Å². The minimum atomic E-state index is -1.50. The van der Waals surface area contributed by atoms with Crippen LogP contribution in [0.15, 0.2) is 0 Å². The minimum Gasteiger partial charge on any atom is -0.390 e. The van der Waals surface area contributed by atoms with Crippen LogP contribution < -0.4 is 0 Å². The molecule has 1 aliphatic rings. The highest BCUT2D eigenvalue weighted by atomic mass is 79.9. The molecule has 0 saturated carbocycles. The number of halogens is 1. The third kappa shape index (κ3) is 6.32. The molecule has 6 nitrogen and oxygen atoms in total. The van der Waals surface area contributed by atoms with Crippen LogP contribution in [-0.4, -0.2) is 39.5 Å². The van der Waals surface area contributed by atoms with E-state index in [1.54, 1.807) is 0 Å². The summed E-state index contributed by atoms with van der Waals surface area (Å²) in [5.74, 6) is 0. The van der Waals surface area contributed by atoms with Gasteiger partial charge in [0.1, 0.15) is 0 Å². The highest BCUT2D eigenvalue weighted by Crippen LogP contribution is 2.15. The number of hydrogen-bond acceptors (Lipinski definition) is 4. The second-order valence-electron chi connectivity index (χ2n) is 2.18. The maximum absolute atomic E-state index is 9.01. The number of aliphatic hydroxyl groups is 1. The first-order valence-electron chi connectivity index (χ1n) is 3.27. The first-order valence-corrected chi connectivity index (χ1v) is 4.18. The predicted octanol–water partition coefficient (Wildman–Crippen LogP) is 0.183. The van der Waals surface area contributed by atoms with Crippen molar-refractivity contribution in [2.45, 2.75) is 17.4 Å². The lowest BCUT2D eigenvalue weighted by atomic mass is 10.2. The van der Waals surface area contributed by atoms with Gasteiger partial charge in [-0.05, 0) is 6.42 Å². The van der Waals surface area contributed by atoms with Gasteiger partial charge in [-0.3, -0.25) is 0 Å². The zero-order valence-corrected chi connectivity index (χ0v) is 7.81. The molecule has 0 bridgehead atoms. The third-order valence-electron chi connectivity index (χ3n) is 1.24. The predicted molar refractivity (Wildman–Crippen MR) is 42.9 cm³/mol. The van der Waals surface area contributed by atoms with Gasteiger partial charge in [-0.2, -0.15) is 0 Å². The van der Waals surface area contributed by atoms with E-state index in [-0.39, 0.29) is 10.9 Å². The van der Waals surface area contributed by atoms with Gasteiger partial charge in [0.25, 0.3) is 5.09 Å². The van der Waals surface area contributed by atoms with Gasteiger partial charge in [0.05, 0.1) is 12.7 Å². The maximum atomic E-state index is 9.01. The summed E-state index contributed by atoms with van der Waals surface area (Å²) < 4.78 is 4.97. The number of ether oxygens (including phenoxy) is 1. The number of alkyl halides is 1. The van der Waals surface area contributed by atoms with Crippen molar-refractivity contribution in [3.8, 4) is 0 Å². The fourth-order valence-corrected chi connectivity index (χ4v) is 1.04. The van der Waals surface area contributed by atoms with Crippen LogP contribution in [0.1, 0.15) is 6.42 Å². The van der Waals surface area contributed by atoms with Gasteiger partial charge < -0.3 is 15.1 Å². The molecule has 1 aliphatic heterocycles. The lowest BCUT2D eigenvalue weighted by Crippen LogP contribution is -2.32. The van der Waals surface area contributed by atoms with E-state index in [0.29, 0.717) is 6.61 Å². The van der Waals surface area contributed by atoms with E-state index >= 15 is 0 Å². The Labute approximate surface area is 77.4 Å². The molecule has 2 unspecified atom stereocenters. The second-order valence-corrected chi connectivity index (χ2v) is 3.36. The zero-order valence-electron chi connectivity index (χ0n) is 6.22. The number of rotatable bonds is 0. The van der Waals surface area contributed by atoms with Crippen molar-refractivity contribution in [2.24, 2.45) is 0 Å². The quantitative estimate of drug-likeness (QED) is 0.360. The molecule has 72 valence electrons. The Morgan fingerprint density at radius 3 is 2.42 bits per heavy atom. The Balaban J connectivity index is 0.000000261. The molecule has 0 aromatic carbocycles. The van der Waals surface area contributed by atoms with Crippen molar-refractivity contribution in [3.63, 3.8) is 0 Å². The molecular weight excluding hydrogens is 234 g/mol. The molecule has 0 aromatic rings. The van der Waals surface area contributed by atoms with E-state index in [1.807, 2.05) is 0 Å². The average molecular weight is 244 g/mol. The minimum absolute atomic E-state index is 0.247. The maximum Gasteiger partial charge on any atom is 0.291 e. The standard InChI is InChI=1S/C5H9BrO2.HNO3/c6-4-1-2-8-3-5(4)7;2-1(3)4/h4-5,7H,1-3H2;(H,2,3,4). The van der Waals surface area contributed by atoms with Crippen LogP contribution in [0.2, 0.25) is 0 Å². The van der Waals surface area contributed by atoms with Crippen LogP contribution >= 0.6 is 15.9 Å². The largest absolute Gasteiger partial charge is 0.390 e. The van der Waals surface area contributed by atoms with Gasteiger partial charge in [0.2, 0.25) is 0 Å². The summed E-state index contributed by atoms with van der Waals surface area (Å²) in [7, 11) is 0. The van der Waals surface area contributed by atoms with E-state index in [9.17, 15) is 0 Å². The number of hydrogen-bond donors (Lipinski definition) is 2. The van der Waals surface area contributed by atoms with E-state index < -0.39 is 5.09 Å². The molecule has 0 spiro atoms. The zero-order chi connectivity index (χ0) is 9.56. The molecule has 2 N–H and O–H groups in total. The Morgan fingerprint density at radius 1 is 1.67 bits per heavy atom. The summed E-state index contributed by atoms with van der Waals surface area (Å²) in [6.07, 6.45) is 0.616. The van der Waals surface area contributed by atoms with Crippen molar-refractivity contribution in [2.75, 3.05) is 13.2 Å². The lowest BCUT2D eigenvalue weighted by molar-refractivity contribution is -0.742. The van der Waals surface area contributed by atoms with Crippen molar-refractivity contribution in [3.05, 3.63) is 10.1 Å². The Bertz CT molecular complexity index is 130. The summed E-state index contributed by atoms with van der Waals surface area (Å²) in [5.41, 5.74) is 0. The van der Waals surface area contributed by atoms with E-state index in [1.165, 1.54) is 0 Å². The summed E-state index contributed by atoms with van der Waals surface area (Å²) in [5, 5.41) is 22.6. The van der Waals surface area contributed by atoms with Gasteiger partial charge in [-0.1, -0.05) is 15.9 Å². The molecule has 0 amide bonds. The average Bonchev–Trinajstić information content (AvgIpc) is 1.94. The van der Waals surface area contributed by atoms with Gasteiger partial charge in [0.15, 0.2) is 0 Å². The first kappa shape index (κ1) is 11.6. The molecule has 0 aliphatic carbocycles. The summed E-state index contributed by atoms with van der Waals surface area (Å²) in [6, 6.07) is 0. The molecule has 2 atom stereocenters. The smallest absolute Gasteiger partial charge is 0.291 e. The van der Waals surface area contributed by atoms with Crippen LogP contribution in [-0.2, 0) is 4.74 Å². The van der Waals surface area contributed by atoms with Crippen molar-refractivity contribution in [1.29, 1.82) is 0 Å². The summed E-state index contributed by atoms with van der Waals surface area (Å²) >= 11 is 3.32. The van der Waals surface area contributed by atoms with Crippen molar-refractivity contribution in [1.82, 2.24) is 0 Å². The van der Waals surface area contributed by atoms with Crippen LogP contribution in [0.25, 0.3) is 0 Å². The monoisotopic (exact) mass is 243 g/mol. The molecule has 12 heavy (non-hydrogen) atoms. The number of nitrogens with zero attached hydrogens (tertiary/aromatic N) is 1.